The van der Waals surface area contributed by atoms with Gasteiger partial charge in [-0.1, -0.05) is 16.8 Å². The summed E-state index contributed by atoms with van der Waals surface area (Å²) in [5.41, 5.74) is 0.749. The molecule has 0 saturated heterocycles. The molecule has 1 aromatic carbocycles. The van der Waals surface area contributed by atoms with Crippen molar-refractivity contribution in [1.82, 2.24) is 15.5 Å². The second-order valence-corrected chi connectivity index (χ2v) is 5.46. The first-order valence-electron chi connectivity index (χ1n) is 6.63. The minimum atomic E-state index is -0.942. The maximum absolute atomic E-state index is 11.7. The van der Waals surface area contributed by atoms with Gasteiger partial charge in [0, 0.05) is 10.6 Å². The van der Waals surface area contributed by atoms with Gasteiger partial charge < -0.3 is 14.9 Å². The van der Waals surface area contributed by atoms with Crippen molar-refractivity contribution < 1.29 is 19.2 Å². The second-order valence-electron chi connectivity index (χ2n) is 5.02. The summed E-state index contributed by atoms with van der Waals surface area (Å²) in [6.07, 6.45) is 0.376. The SMILES string of the molecule is O=C(O)C1CC1C(=O)NCc1nc(-c2ccc(Cl)cc2)no1. The first-order chi connectivity index (χ1) is 10.5. The number of aliphatic carboxylic acids is 1. The van der Waals surface area contributed by atoms with E-state index >= 15 is 0 Å². The Bertz CT molecular complexity index is 713. The van der Waals surface area contributed by atoms with Gasteiger partial charge in [0.05, 0.1) is 18.4 Å². The van der Waals surface area contributed by atoms with Crippen LogP contribution in [0, 0.1) is 11.8 Å². The third kappa shape index (κ3) is 3.09. The van der Waals surface area contributed by atoms with Gasteiger partial charge in [0.15, 0.2) is 0 Å². The zero-order valence-electron chi connectivity index (χ0n) is 11.3. The number of hydrogen-bond donors (Lipinski definition) is 2. The lowest BCUT2D eigenvalue weighted by molar-refractivity contribution is -0.140. The standard InChI is InChI=1S/C14H12ClN3O4/c15-8-3-1-7(2-4-8)12-17-11(22-18-12)6-16-13(19)9-5-10(9)14(20)21/h1-4,9-10H,5-6H2,(H,16,19)(H,20,21). The Kier molecular flexibility index (Phi) is 3.81. The number of aromatic nitrogens is 2. The number of halogens is 1. The number of carbonyl (C=O) groups excluding carboxylic acids is 1. The van der Waals surface area contributed by atoms with Crippen LogP contribution < -0.4 is 5.32 Å². The molecule has 1 amide bonds. The van der Waals surface area contributed by atoms with E-state index < -0.39 is 17.8 Å². The summed E-state index contributed by atoms with van der Waals surface area (Å²) >= 11 is 5.80. The quantitative estimate of drug-likeness (QED) is 0.868. The van der Waals surface area contributed by atoms with E-state index in [1.807, 2.05) is 0 Å². The van der Waals surface area contributed by atoms with Gasteiger partial charge >= 0.3 is 5.97 Å². The largest absolute Gasteiger partial charge is 0.481 e. The van der Waals surface area contributed by atoms with Gasteiger partial charge in [-0.3, -0.25) is 9.59 Å². The van der Waals surface area contributed by atoms with Crippen LogP contribution in [0.1, 0.15) is 12.3 Å². The Balaban J connectivity index is 1.57. The highest BCUT2D eigenvalue weighted by Crippen LogP contribution is 2.38. The molecule has 0 aliphatic heterocycles. The second kappa shape index (κ2) is 5.76. The lowest BCUT2D eigenvalue weighted by Crippen LogP contribution is -2.26. The normalized spacial score (nSPS) is 19.7. The van der Waals surface area contributed by atoms with Gasteiger partial charge in [-0.2, -0.15) is 4.98 Å². The van der Waals surface area contributed by atoms with E-state index in [2.05, 4.69) is 15.5 Å². The van der Waals surface area contributed by atoms with Gasteiger partial charge in [-0.15, -0.1) is 0 Å². The Labute approximate surface area is 130 Å². The lowest BCUT2D eigenvalue weighted by Gasteiger charge is -1.99. The third-order valence-corrected chi connectivity index (χ3v) is 3.68. The van der Waals surface area contributed by atoms with Gasteiger partial charge in [0.1, 0.15) is 0 Å². The first kappa shape index (κ1) is 14.5. The molecule has 7 nitrogen and oxygen atoms in total. The zero-order valence-corrected chi connectivity index (χ0v) is 12.1. The molecule has 0 spiro atoms. The molecule has 0 radical (unpaired) electrons. The molecule has 1 saturated carbocycles. The van der Waals surface area contributed by atoms with E-state index in [-0.39, 0.29) is 18.3 Å². The van der Waals surface area contributed by atoms with Gasteiger partial charge in [0.2, 0.25) is 17.6 Å². The highest BCUT2D eigenvalue weighted by Gasteiger charge is 2.48. The van der Waals surface area contributed by atoms with Crippen molar-refractivity contribution >= 4 is 23.5 Å². The number of carboxylic acids is 1. The van der Waals surface area contributed by atoms with E-state index in [1.165, 1.54) is 0 Å². The van der Waals surface area contributed by atoms with Crippen LogP contribution in [-0.2, 0) is 16.1 Å². The Morgan fingerprint density at radius 3 is 2.68 bits per heavy atom. The van der Waals surface area contributed by atoms with Crippen molar-refractivity contribution in [2.24, 2.45) is 11.8 Å². The van der Waals surface area contributed by atoms with Crippen molar-refractivity contribution in [1.29, 1.82) is 0 Å². The van der Waals surface area contributed by atoms with Crippen LogP contribution in [0.5, 0.6) is 0 Å². The molecular formula is C14H12ClN3O4. The highest BCUT2D eigenvalue weighted by molar-refractivity contribution is 6.30. The molecule has 2 atom stereocenters. The fourth-order valence-corrected chi connectivity index (χ4v) is 2.22. The Morgan fingerprint density at radius 1 is 1.32 bits per heavy atom. The maximum atomic E-state index is 11.7. The number of rotatable bonds is 5. The fraction of sp³-hybridized carbons (Fsp3) is 0.286. The molecule has 8 heteroatoms. The minimum Gasteiger partial charge on any atom is -0.481 e. The van der Waals surface area contributed by atoms with Crippen LogP contribution in [0.25, 0.3) is 11.4 Å². The predicted molar refractivity (Wildman–Crippen MR) is 75.8 cm³/mol. The summed E-state index contributed by atoms with van der Waals surface area (Å²) in [6, 6.07) is 6.95. The maximum Gasteiger partial charge on any atom is 0.307 e. The van der Waals surface area contributed by atoms with E-state index in [9.17, 15) is 9.59 Å². The molecule has 2 unspecified atom stereocenters. The van der Waals surface area contributed by atoms with Crippen LogP contribution >= 0.6 is 11.6 Å². The number of carbonyl (C=O) groups is 2. The smallest absolute Gasteiger partial charge is 0.307 e. The Hall–Kier alpha value is -2.41. The molecule has 1 fully saturated rings. The number of nitrogens with zero attached hydrogens (tertiary/aromatic N) is 2. The van der Waals surface area contributed by atoms with E-state index in [0.29, 0.717) is 17.3 Å². The van der Waals surface area contributed by atoms with E-state index in [1.54, 1.807) is 24.3 Å². The van der Waals surface area contributed by atoms with Crippen molar-refractivity contribution in [3.05, 3.63) is 35.2 Å². The average molecular weight is 322 g/mol. The summed E-state index contributed by atoms with van der Waals surface area (Å²) in [4.78, 5) is 26.6. The molecule has 2 N–H and O–H groups in total. The molecular weight excluding hydrogens is 310 g/mol. The molecule has 114 valence electrons. The summed E-state index contributed by atoms with van der Waals surface area (Å²) in [5.74, 6) is -1.63. The van der Waals surface area contributed by atoms with Crippen LogP contribution in [0.3, 0.4) is 0 Å². The number of amides is 1. The molecule has 0 bridgehead atoms. The first-order valence-corrected chi connectivity index (χ1v) is 7.01. The van der Waals surface area contributed by atoms with Crippen LogP contribution in [0.2, 0.25) is 5.02 Å². The molecule has 1 aliphatic rings. The monoisotopic (exact) mass is 321 g/mol. The molecule has 3 rings (SSSR count). The third-order valence-electron chi connectivity index (χ3n) is 3.43. The summed E-state index contributed by atoms with van der Waals surface area (Å²) in [5, 5.41) is 15.8. The van der Waals surface area contributed by atoms with Gasteiger partial charge in [-0.05, 0) is 30.7 Å². The average Bonchev–Trinajstić information content (AvgIpc) is 3.18. The van der Waals surface area contributed by atoms with Crippen LogP contribution in [-0.4, -0.2) is 27.1 Å². The highest BCUT2D eigenvalue weighted by atomic mass is 35.5. The number of hydrogen-bond acceptors (Lipinski definition) is 5. The minimum absolute atomic E-state index is 0.0717. The van der Waals surface area contributed by atoms with Crippen LogP contribution in [0.4, 0.5) is 0 Å². The summed E-state index contributed by atoms with van der Waals surface area (Å²) < 4.78 is 5.05. The molecule has 1 heterocycles. The summed E-state index contributed by atoms with van der Waals surface area (Å²) in [7, 11) is 0. The topological polar surface area (TPSA) is 105 Å². The van der Waals surface area contributed by atoms with Crippen molar-refractivity contribution in [3.63, 3.8) is 0 Å². The molecule has 1 aliphatic carbocycles. The lowest BCUT2D eigenvalue weighted by atomic mass is 10.2. The zero-order chi connectivity index (χ0) is 15.7. The summed E-state index contributed by atoms with van der Waals surface area (Å²) in [6.45, 7) is 0.0717. The number of nitrogens with one attached hydrogen (secondary N) is 1. The van der Waals surface area contributed by atoms with Gasteiger partial charge in [0.25, 0.3) is 0 Å². The number of carboxylic acid groups (broad SMARTS) is 1. The van der Waals surface area contributed by atoms with E-state index in [0.717, 1.165) is 5.56 Å². The number of benzene rings is 1. The molecule has 2 aromatic rings. The Morgan fingerprint density at radius 2 is 2.05 bits per heavy atom. The van der Waals surface area contributed by atoms with Crippen LogP contribution in [0.15, 0.2) is 28.8 Å². The fourth-order valence-electron chi connectivity index (χ4n) is 2.09. The van der Waals surface area contributed by atoms with Gasteiger partial charge in [-0.25, -0.2) is 0 Å². The molecule has 22 heavy (non-hydrogen) atoms. The predicted octanol–water partition coefficient (Wildman–Crippen LogP) is 1.73. The van der Waals surface area contributed by atoms with E-state index in [4.69, 9.17) is 21.2 Å². The van der Waals surface area contributed by atoms with Crippen molar-refractivity contribution in [3.8, 4) is 11.4 Å². The van der Waals surface area contributed by atoms with Crippen molar-refractivity contribution in [2.45, 2.75) is 13.0 Å². The van der Waals surface area contributed by atoms with Crippen molar-refractivity contribution in [2.75, 3.05) is 0 Å². The molecule has 1 aromatic heterocycles.